The zero-order chi connectivity index (χ0) is 31.3. The predicted octanol–water partition coefficient (Wildman–Crippen LogP) is 15.4. The molecule has 0 radical (unpaired) electrons. The average molecular weight is 788 g/mol. The van der Waals surface area contributed by atoms with E-state index in [4.69, 9.17) is 0 Å². The first-order valence-corrected chi connectivity index (χ1v) is 26.8. The quantitative estimate of drug-likeness (QED) is 0.173. The Hall–Kier alpha value is 0.993. The molecule has 268 valence electrons. The van der Waals surface area contributed by atoms with Crippen molar-refractivity contribution < 1.29 is 19.5 Å². The second-order valence-electron chi connectivity index (χ2n) is 17.7. The van der Waals surface area contributed by atoms with Crippen molar-refractivity contribution >= 4 is 24.5 Å². The van der Waals surface area contributed by atoms with Gasteiger partial charge in [-0.05, 0) is 0 Å². The minimum Gasteiger partial charge on any atom is 0 e. The molecule has 0 aromatic heterocycles. The molecule has 47 heavy (non-hydrogen) atoms. The summed E-state index contributed by atoms with van der Waals surface area (Å²) in [5, 5.41) is 0.755. The molecule has 6 aliphatic carbocycles. The summed E-state index contributed by atoms with van der Waals surface area (Å²) in [6.07, 6.45) is 45.1. The van der Waals surface area contributed by atoms with Gasteiger partial charge in [-0.15, -0.1) is 0 Å². The van der Waals surface area contributed by atoms with Crippen molar-refractivity contribution in [1.29, 1.82) is 0 Å². The Labute approximate surface area is 310 Å². The smallest absolute Gasteiger partial charge is 0 e. The Morgan fingerprint density at radius 2 is 0.702 bits per heavy atom. The minimum atomic E-state index is -2.88. The van der Waals surface area contributed by atoms with Crippen LogP contribution in [0.1, 0.15) is 204 Å². The van der Waals surface area contributed by atoms with Crippen LogP contribution in [0.2, 0.25) is 0 Å². The van der Waals surface area contributed by atoms with Gasteiger partial charge >= 0.3 is 292 Å². The molecule has 4 heteroatoms. The molecule has 1 aromatic carbocycles. The summed E-state index contributed by atoms with van der Waals surface area (Å²) in [5.41, 5.74) is 7.37. The van der Waals surface area contributed by atoms with E-state index < -0.39 is 13.2 Å². The predicted molar refractivity (Wildman–Crippen MR) is 210 cm³/mol. The molecule has 0 saturated heterocycles. The maximum Gasteiger partial charge on any atom is 0 e. The Bertz CT molecular complexity index is 963. The van der Waals surface area contributed by atoms with Crippen LogP contribution >= 0.6 is 24.5 Å². The normalized spacial score (nSPS) is 27.8. The van der Waals surface area contributed by atoms with Gasteiger partial charge in [0.1, 0.15) is 0 Å². The van der Waals surface area contributed by atoms with E-state index >= 15 is 0 Å². The summed E-state index contributed by atoms with van der Waals surface area (Å²) >= 11 is 9.94. The minimum absolute atomic E-state index is 0. The van der Waals surface area contributed by atoms with E-state index in [-0.39, 0.29) is 19.5 Å². The number of halogens is 1. The number of hydrogen-bond donors (Lipinski definition) is 0. The van der Waals surface area contributed by atoms with Crippen molar-refractivity contribution in [2.24, 2.45) is 0 Å². The summed E-state index contributed by atoms with van der Waals surface area (Å²) in [5.74, 6) is -2.88. The van der Waals surface area contributed by atoms with Crippen molar-refractivity contribution in [1.82, 2.24) is 0 Å². The molecule has 0 nitrogen and oxygen atoms in total. The zero-order valence-corrected chi connectivity index (χ0v) is 34.6. The largest absolute Gasteiger partial charge is 0 e. The van der Waals surface area contributed by atoms with Gasteiger partial charge in [0.2, 0.25) is 0 Å². The average Bonchev–Trinajstić information content (AvgIpc) is 3.16. The molecule has 1 unspecified atom stereocenters. The van der Waals surface area contributed by atoms with E-state index in [1.54, 1.807) is 38.5 Å². The van der Waals surface area contributed by atoms with Crippen LogP contribution in [0.4, 0.5) is 0 Å². The van der Waals surface area contributed by atoms with Gasteiger partial charge in [-0.1, -0.05) is 0 Å². The van der Waals surface area contributed by atoms with Crippen LogP contribution in [0.15, 0.2) is 30.3 Å². The second-order valence-corrected chi connectivity index (χ2v) is 30.2. The van der Waals surface area contributed by atoms with E-state index in [0.29, 0.717) is 0 Å². The molecule has 0 amide bonds. The van der Waals surface area contributed by atoms with Gasteiger partial charge in [0.25, 0.3) is 0 Å². The van der Waals surface area contributed by atoms with Gasteiger partial charge < -0.3 is 0 Å². The van der Waals surface area contributed by atoms with Crippen molar-refractivity contribution in [2.45, 2.75) is 232 Å². The zero-order valence-electron chi connectivity index (χ0n) is 30.3. The molecular formula is C43H72ClP2Ru+. The maximum atomic E-state index is 9.94. The summed E-state index contributed by atoms with van der Waals surface area (Å²) < 4.78 is 0. The van der Waals surface area contributed by atoms with Gasteiger partial charge in [-0.3, -0.25) is 0 Å². The van der Waals surface area contributed by atoms with Crippen LogP contribution in [0, 0.1) is 0 Å². The fourth-order valence-corrected chi connectivity index (χ4v) is 39.9. The first-order valence-electron chi connectivity index (χ1n) is 21.3. The first-order chi connectivity index (χ1) is 22.7. The maximum absolute atomic E-state index is 9.94. The molecule has 0 heterocycles. The van der Waals surface area contributed by atoms with E-state index in [2.05, 4.69) is 30.3 Å². The molecular weight excluding hydrogens is 715 g/mol. The monoisotopic (exact) mass is 787 g/mol. The fourth-order valence-electron chi connectivity index (χ4n) is 14.1. The topological polar surface area (TPSA) is 0 Å². The van der Waals surface area contributed by atoms with E-state index in [0.717, 1.165) is 39.4 Å². The molecule has 7 rings (SSSR count). The summed E-state index contributed by atoms with van der Waals surface area (Å²) in [4.78, 5) is 0. The van der Waals surface area contributed by atoms with Crippen LogP contribution in [0.25, 0.3) is 0 Å². The van der Waals surface area contributed by atoms with Crippen molar-refractivity contribution in [3.8, 4) is 0 Å². The van der Waals surface area contributed by atoms with Crippen molar-refractivity contribution in [3.63, 3.8) is 0 Å². The van der Waals surface area contributed by atoms with E-state index in [1.807, 2.05) is 5.56 Å². The first kappa shape index (κ1) is 37.7. The van der Waals surface area contributed by atoms with Gasteiger partial charge in [-0.25, -0.2) is 0 Å². The summed E-state index contributed by atoms with van der Waals surface area (Å²) in [6, 6.07) is 12.8. The Morgan fingerprint density at radius 1 is 0.426 bits per heavy atom. The Balaban J connectivity index is 0.00000386. The van der Waals surface area contributed by atoms with Crippen LogP contribution < -0.4 is 0 Å². The van der Waals surface area contributed by atoms with Crippen molar-refractivity contribution in [2.75, 3.05) is 0 Å². The van der Waals surface area contributed by atoms with Crippen LogP contribution in [-0.2, 0) is 19.5 Å². The van der Waals surface area contributed by atoms with Gasteiger partial charge in [0.15, 0.2) is 0 Å². The summed E-state index contributed by atoms with van der Waals surface area (Å²) in [6.45, 7) is 0. The number of rotatable bonds is 9. The molecule has 6 aliphatic rings. The van der Waals surface area contributed by atoms with Crippen LogP contribution in [-0.4, -0.2) is 34.0 Å². The molecule has 6 fully saturated rings. The third-order valence-corrected chi connectivity index (χ3v) is 35.9. The third-order valence-electron chi connectivity index (χ3n) is 15.7. The van der Waals surface area contributed by atoms with Gasteiger partial charge in [0.05, 0.1) is 0 Å². The molecule has 0 N–H and O–H groups in total. The molecule has 0 spiro atoms. The third kappa shape index (κ3) is 6.95. The van der Waals surface area contributed by atoms with E-state index in [9.17, 15) is 11.2 Å². The molecule has 1 atom stereocenters. The Kier molecular flexibility index (Phi) is 13.8. The van der Waals surface area contributed by atoms with Crippen molar-refractivity contribution in [3.05, 3.63) is 35.9 Å². The molecule has 0 bridgehead atoms. The Morgan fingerprint density at radius 3 is 1.00 bits per heavy atom. The van der Waals surface area contributed by atoms with E-state index in [1.165, 1.54) is 154 Å². The van der Waals surface area contributed by atoms with Crippen LogP contribution in [0.5, 0.6) is 0 Å². The molecule has 1 aromatic rings. The standard InChI is InChI=1S/C43H72ClP2.Ru/c44-46(40-30-16-5-17-31-40,41-32-18-6-19-33-41,42-34-20-7-21-35-42)43(36-22-8-1-9-23-36)45(37-24-10-2-11-25-37,38-26-12-3-13-27-38)39-28-14-4-15-29-39;/h1,8-9,22-23,37-43H,2-7,10-21,24-35H2;/q+1;. The SMILES string of the molecule is ClP(C1CCCCC1)(C1CCCCC1)(C1CCCCC1)C(c1ccccc1)[P+](C1CCCCC1)(C1CCCCC1)C1CCCCC1.[Ru]. The van der Waals surface area contributed by atoms with Gasteiger partial charge in [0, 0.05) is 19.5 Å². The number of benzene rings is 1. The summed E-state index contributed by atoms with van der Waals surface area (Å²) in [7, 11) is -1.52. The second kappa shape index (κ2) is 17.2. The van der Waals surface area contributed by atoms with Gasteiger partial charge in [-0.2, -0.15) is 0 Å². The fraction of sp³-hybridized carbons (Fsp3) is 0.860. The van der Waals surface area contributed by atoms with Crippen LogP contribution in [0.3, 0.4) is 0 Å². The molecule has 6 saturated carbocycles. The molecule has 0 aliphatic heterocycles. The number of hydrogen-bond acceptors (Lipinski definition) is 0.